The number of pyridine rings is 2. The minimum absolute atomic E-state index is 0.0540. The number of hydrogen-bond acceptors (Lipinski definition) is 7. The molecule has 4 heterocycles. The van der Waals surface area contributed by atoms with Gasteiger partial charge in [0, 0.05) is 6.07 Å². The van der Waals surface area contributed by atoms with E-state index in [9.17, 15) is 9.90 Å². The maximum atomic E-state index is 11.5. The van der Waals surface area contributed by atoms with Gasteiger partial charge in [-0.1, -0.05) is 60.7 Å². The zero-order valence-corrected chi connectivity index (χ0v) is 23.4. The number of nitrogens with zero attached hydrogens (tertiary/aromatic N) is 6. The van der Waals surface area contributed by atoms with Gasteiger partial charge in [0.1, 0.15) is 31.6 Å². The number of carboxylic acid groups (broad SMARTS) is 1. The molecule has 0 radical (unpaired) electrons. The Kier molecular flexibility index (Phi) is 8.13. The zero-order valence-electron chi connectivity index (χ0n) is 20.2. The maximum absolute atomic E-state index is 11.5. The number of carbonyl (C=O) groups is 1. The third-order valence-corrected chi connectivity index (χ3v) is 6.62. The molecule has 0 atom stereocenters. The first-order valence-electron chi connectivity index (χ1n) is 11.6. The van der Waals surface area contributed by atoms with Crippen LogP contribution in [0.4, 0.5) is 0 Å². The average molecular weight is 652 g/mol. The molecule has 0 bridgehead atoms. The summed E-state index contributed by atoms with van der Waals surface area (Å²) in [6.07, 6.45) is 4.63. The lowest BCUT2D eigenvalue weighted by Gasteiger charge is -2.11. The second kappa shape index (κ2) is 12.0. The summed E-state index contributed by atoms with van der Waals surface area (Å²) in [5.74, 6) is -0.138. The molecule has 0 saturated heterocycles. The van der Waals surface area contributed by atoms with E-state index in [-0.39, 0.29) is 18.1 Å². The topological polar surface area (TPSA) is 116 Å². The molecule has 0 spiro atoms. The van der Waals surface area contributed by atoms with Crippen LogP contribution in [0, 0.1) is 0 Å². The van der Waals surface area contributed by atoms with Crippen LogP contribution in [-0.4, -0.2) is 40.3 Å². The molecule has 0 unspecified atom stereocenters. The van der Waals surface area contributed by atoms with Gasteiger partial charge in [-0.3, -0.25) is 0 Å². The second-order valence-corrected chi connectivity index (χ2v) is 9.81. The number of carboxylic acids is 1. The third-order valence-electron chi connectivity index (χ3n) is 5.46. The molecule has 196 valence electrons. The number of aromatic nitrogens is 6. The normalized spacial score (nSPS) is 10.7. The van der Waals surface area contributed by atoms with Crippen LogP contribution >= 0.6 is 31.9 Å². The van der Waals surface area contributed by atoms with Crippen molar-refractivity contribution in [1.82, 2.24) is 29.2 Å². The molecule has 0 aliphatic heterocycles. The number of rotatable bonds is 7. The highest BCUT2D eigenvalue weighted by Crippen LogP contribution is 2.28. The number of ether oxygens (including phenoxy) is 2. The van der Waals surface area contributed by atoms with Crippen LogP contribution in [0.1, 0.15) is 21.6 Å². The molecule has 0 saturated carbocycles. The number of hydrogen-bond donors (Lipinski definition) is 1. The summed E-state index contributed by atoms with van der Waals surface area (Å²) in [4.78, 5) is 19.6. The Hall–Kier alpha value is -4.29. The minimum Gasteiger partial charge on any atom is -0.487 e. The van der Waals surface area contributed by atoms with E-state index < -0.39 is 5.97 Å². The fraction of sp³-hybridized carbons (Fsp3) is 0.0741. The van der Waals surface area contributed by atoms with Gasteiger partial charge in [0.15, 0.2) is 22.7 Å². The highest BCUT2D eigenvalue weighted by molar-refractivity contribution is 9.11. The van der Waals surface area contributed by atoms with Crippen molar-refractivity contribution in [3.8, 4) is 11.5 Å². The van der Waals surface area contributed by atoms with E-state index in [2.05, 4.69) is 52.0 Å². The smallest absolute Gasteiger partial charge is 0.358 e. The minimum atomic E-state index is -1.12. The number of halogens is 2. The summed E-state index contributed by atoms with van der Waals surface area (Å²) in [7, 11) is 0. The first kappa shape index (κ1) is 26.3. The summed E-state index contributed by atoms with van der Waals surface area (Å²) in [5.41, 5.74) is 3.24. The monoisotopic (exact) mass is 650 g/mol. The van der Waals surface area contributed by atoms with Gasteiger partial charge in [0.2, 0.25) is 0 Å². The van der Waals surface area contributed by atoms with E-state index >= 15 is 0 Å². The Bertz CT molecular complexity index is 1720. The van der Waals surface area contributed by atoms with Crippen molar-refractivity contribution in [2.75, 3.05) is 0 Å². The molecule has 10 nitrogen and oxygen atoms in total. The van der Waals surface area contributed by atoms with Crippen LogP contribution in [0.25, 0.3) is 11.3 Å². The van der Waals surface area contributed by atoms with Crippen LogP contribution in [0.15, 0.2) is 101 Å². The lowest BCUT2D eigenvalue weighted by molar-refractivity contribution is 0.0681. The summed E-state index contributed by atoms with van der Waals surface area (Å²) in [5, 5.41) is 17.4. The van der Waals surface area contributed by atoms with Crippen LogP contribution in [-0.2, 0) is 13.2 Å². The van der Waals surface area contributed by atoms with E-state index in [0.29, 0.717) is 16.7 Å². The van der Waals surface area contributed by atoms with Gasteiger partial charge in [-0.2, -0.15) is 10.2 Å². The molecular formula is C27H20Br2N6O4. The van der Waals surface area contributed by atoms with Gasteiger partial charge in [0.05, 0.1) is 15.1 Å². The van der Waals surface area contributed by atoms with E-state index in [1.54, 1.807) is 10.6 Å². The Morgan fingerprint density at radius 3 is 2.05 bits per heavy atom. The van der Waals surface area contributed by atoms with Gasteiger partial charge in [-0.15, -0.1) is 0 Å². The average Bonchev–Trinajstić information content (AvgIpc) is 3.63. The van der Waals surface area contributed by atoms with Crippen molar-refractivity contribution in [3.63, 3.8) is 0 Å². The number of benzene rings is 2. The Morgan fingerprint density at radius 1 is 0.795 bits per heavy atom. The van der Waals surface area contributed by atoms with Crippen LogP contribution in [0.2, 0.25) is 0 Å². The van der Waals surface area contributed by atoms with Crippen molar-refractivity contribution >= 4 is 49.1 Å². The van der Waals surface area contributed by atoms with Gasteiger partial charge >= 0.3 is 5.97 Å². The molecule has 0 aliphatic carbocycles. The molecule has 0 fully saturated rings. The van der Waals surface area contributed by atoms with Gasteiger partial charge in [-0.25, -0.2) is 23.8 Å². The standard InChI is InChI=1S/C14H10BrN3O3.C13H10BrN3O/c15-10-6-11(21-7-9-4-2-1-3-5-9)12(14(19)20)18-13(10)16-8-17-18;14-12-6-11(7-17-13(12)15-9-16-17)18-8-10-4-2-1-3-5-10/h1-6,8H,7H2,(H,19,20);1-7,9H,8H2. The Balaban J connectivity index is 0.000000160. The van der Waals surface area contributed by atoms with Crippen LogP contribution in [0.5, 0.6) is 11.5 Å². The lowest BCUT2D eigenvalue weighted by atomic mass is 10.2. The zero-order chi connectivity index (χ0) is 27.2. The molecule has 2 aromatic carbocycles. The predicted octanol–water partition coefficient (Wildman–Crippen LogP) is 5.84. The number of fused-ring (bicyclic) bond motifs is 2. The maximum Gasteiger partial charge on any atom is 0.358 e. The molecule has 6 aromatic rings. The van der Waals surface area contributed by atoms with Crippen molar-refractivity contribution in [1.29, 1.82) is 0 Å². The van der Waals surface area contributed by atoms with Crippen molar-refractivity contribution < 1.29 is 19.4 Å². The fourth-order valence-electron chi connectivity index (χ4n) is 3.64. The molecule has 0 amide bonds. The van der Waals surface area contributed by atoms with Gasteiger partial charge in [0.25, 0.3) is 0 Å². The lowest BCUT2D eigenvalue weighted by Crippen LogP contribution is -2.10. The first-order chi connectivity index (χ1) is 19.0. The summed E-state index contributed by atoms with van der Waals surface area (Å²) in [6, 6.07) is 23.0. The van der Waals surface area contributed by atoms with Crippen LogP contribution in [0.3, 0.4) is 0 Å². The second-order valence-electron chi connectivity index (χ2n) is 8.11. The Labute approximate surface area is 239 Å². The molecule has 6 rings (SSSR count). The van der Waals surface area contributed by atoms with E-state index in [0.717, 1.165) is 27.0 Å². The van der Waals surface area contributed by atoms with E-state index in [4.69, 9.17) is 9.47 Å². The molecule has 12 heteroatoms. The quantitative estimate of drug-likeness (QED) is 0.229. The van der Waals surface area contributed by atoms with Gasteiger partial charge < -0.3 is 14.6 Å². The summed E-state index contributed by atoms with van der Waals surface area (Å²) in [6.45, 7) is 0.807. The highest BCUT2D eigenvalue weighted by Gasteiger charge is 2.20. The largest absolute Gasteiger partial charge is 0.487 e. The van der Waals surface area contributed by atoms with Crippen molar-refractivity contribution in [2.45, 2.75) is 13.2 Å². The van der Waals surface area contributed by atoms with E-state index in [1.807, 2.05) is 72.9 Å². The van der Waals surface area contributed by atoms with Gasteiger partial charge in [-0.05, 0) is 49.1 Å². The van der Waals surface area contributed by atoms with Crippen molar-refractivity contribution in [2.24, 2.45) is 0 Å². The molecular weight excluding hydrogens is 632 g/mol. The first-order valence-corrected chi connectivity index (χ1v) is 13.2. The molecule has 4 aromatic heterocycles. The predicted molar refractivity (Wildman–Crippen MR) is 150 cm³/mol. The third kappa shape index (κ3) is 6.24. The molecule has 39 heavy (non-hydrogen) atoms. The molecule has 0 aliphatic rings. The van der Waals surface area contributed by atoms with Crippen molar-refractivity contribution in [3.05, 3.63) is 117 Å². The number of aromatic carboxylic acids is 1. The summed E-state index contributed by atoms with van der Waals surface area (Å²) < 4.78 is 15.8. The van der Waals surface area contributed by atoms with Crippen LogP contribution < -0.4 is 9.47 Å². The summed E-state index contributed by atoms with van der Waals surface area (Å²) >= 11 is 6.79. The Morgan fingerprint density at radius 2 is 1.38 bits per heavy atom. The fourth-order valence-corrected chi connectivity index (χ4v) is 4.63. The SMILES string of the molecule is Brc1cc(OCc2ccccc2)cn2ncnc12.O=C(O)c1c(OCc2ccccc2)cc(Br)c2ncnn12. The molecule has 1 N–H and O–H groups in total. The highest BCUT2D eigenvalue weighted by atomic mass is 79.9. The van der Waals surface area contributed by atoms with E-state index in [1.165, 1.54) is 17.2 Å².